The monoisotopic (exact) mass is 358 g/mol. The summed E-state index contributed by atoms with van der Waals surface area (Å²) in [7, 11) is 0. The Morgan fingerprint density at radius 3 is 2.87 bits per heavy atom. The van der Waals surface area contributed by atoms with Crippen LogP contribution in [0.2, 0.25) is 0 Å². The molecule has 1 unspecified atom stereocenters. The second-order valence-corrected chi connectivity index (χ2v) is 6.51. The molecule has 0 radical (unpaired) electrons. The molecule has 0 spiro atoms. The number of thioether (sulfide) groups is 1. The van der Waals surface area contributed by atoms with Gasteiger partial charge in [0.05, 0.1) is 6.54 Å². The van der Waals surface area contributed by atoms with E-state index in [0.29, 0.717) is 10.9 Å². The van der Waals surface area contributed by atoms with Crippen LogP contribution in [-0.4, -0.2) is 36.5 Å². The lowest BCUT2D eigenvalue weighted by atomic mass is 9.95. The molecule has 0 amide bonds. The number of hydrogen-bond donors (Lipinski definition) is 2. The van der Waals surface area contributed by atoms with E-state index in [0.717, 1.165) is 12.1 Å². The summed E-state index contributed by atoms with van der Waals surface area (Å²) in [4.78, 5) is 3.80. The van der Waals surface area contributed by atoms with Gasteiger partial charge >= 0.3 is 0 Å². The average molecular weight is 358 g/mol. The second kappa shape index (κ2) is 7.80. The highest BCUT2D eigenvalue weighted by molar-refractivity contribution is 8.23. The van der Waals surface area contributed by atoms with Gasteiger partial charge in [-0.2, -0.15) is 5.10 Å². The molecule has 0 bridgehead atoms. The maximum atomic E-state index is 14.1. The molecule has 1 atom stereocenters. The number of benzene rings is 1. The van der Waals surface area contributed by atoms with E-state index in [4.69, 9.17) is 12.2 Å². The number of aromatic nitrogens is 3. The minimum atomic E-state index is -1.62. The molecule has 2 N–H and O–H groups in total. The quantitative estimate of drug-likeness (QED) is 0.771. The van der Waals surface area contributed by atoms with Crippen LogP contribution in [0, 0.1) is 11.6 Å². The zero-order chi connectivity index (χ0) is 16.9. The minimum Gasteiger partial charge on any atom is -0.382 e. The van der Waals surface area contributed by atoms with E-state index in [1.807, 2.05) is 6.92 Å². The van der Waals surface area contributed by atoms with Crippen molar-refractivity contribution in [3.8, 4) is 0 Å². The van der Waals surface area contributed by atoms with E-state index < -0.39 is 17.2 Å². The van der Waals surface area contributed by atoms with Gasteiger partial charge in [0.1, 0.15) is 34.2 Å². The Bertz CT molecular complexity index is 669. The average Bonchev–Trinajstić information content (AvgIpc) is 2.98. The molecule has 0 saturated heterocycles. The Kier molecular flexibility index (Phi) is 6.03. The van der Waals surface area contributed by atoms with E-state index in [1.165, 1.54) is 35.2 Å². The highest BCUT2D eigenvalue weighted by atomic mass is 32.2. The topological polar surface area (TPSA) is 63.0 Å². The first-order chi connectivity index (χ1) is 10.9. The van der Waals surface area contributed by atoms with Crippen molar-refractivity contribution in [3.05, 3.63) is 48.1 Å². The molecule has 23 heavy (non-hydrogen) atoms. The van der Waals surface area contributed by atoms with Crippen molar-refractivity contribution in [1.29, 1.82) is 0 Å². The lowest BCUT2D eigenvalue weighted by molar-refractivity contribution is 0.0362. The van der Waals surface area contributed by atoms with Crippen molar-refractivity contribution in [2.45, 2.75) is 19.1 Å². The van der Waals surface area contributed by atoms with Gasteiger partial charge in [0.25, 0.3) is 0 Å². The van der Waals surface area contributed by atoms with Crippen molar-refractivity contribution in [2.24, 2.45) is 0 Å². The molecule has 2 aromatic rings. The lowest BCUT2D eigenvalue weighted by Gasteiger charge is -2.28. The summed E-state index contributed by atoms with van der Waals surface area (Å²) in [6, 6.07) is 3.09. The fraction of sp³-hybridized carbons (Fsp3) is 0.357. The maximum Gasteiger partial charge on any atom is 0.137 e. The number of thiocarbonyl (C=S) groups is 1. The second-order valence-electron chi connectivity index (χ2n) is 4.86. The van der Waals surface area contributed by atoms with Crippen LogP contribution < -0.4 is 5.32 Å². The van der Waals surface area contributed by atoms with Gasteiger partial charge < -0.3 is 10.4 Å². The van der Waals surface area contributed by atoms with Gasteiger partial charge in [0, 0.05) is 23.9 Å². The summed E-state index contributed by atoms with van der Waals surface area (Å²) in [5.41, 5.74) is -1.63. The van der Waals surface area contributed by atoms with Crippen LogP contribution in [-0.2, 0) is 12.1 Å². The predicted molar refractivity (Wildman–Crippen MR) is 89.0 cm³/mol. The smallest absolute Gasteiger partial charge is 0.137 e. The number of nitrogens with zero attached hydrogens (tertiary/aromatic N) is 3. The molecule has 9 heteroatoms. The minimum absolute atomic E-state index is 0.0128. The van der Waals surface area contributed by atoms with E-state index in [9.17, 15) is 13.9 Å². The van der Waals surface area contributed by atoms with E-state index in [1.54, 1.807) is 0 Å². The third kappa shape index (κ3) is 4.69. The first-order valence-corrected chi connectivity index (χ1v) is 8.25. The van der Waals surface area contributed by atoms with Gasteiger partial charge in [-0.05, 0) is 13.0 Å². The molecule has 1 aromatic carbocycles. The van der Waals surface area contributed by atoms with Crippen LogP contribution in [0.1, 0.15) is 12.5 Å². The zero-order valence-electron chi connectivity index (χ0n) is 12.4. The maximum absolute atomic E-state index is 14.1. The summed E-state index contributed by atoms with van der Waals surface area (Å²) in [6.07, 6.45) is 2.73. The highest BCUT2D eigenvalue weighted by Crippen LogP contribution is 2.30. The normalized spacial score (nSPS) is 13.6. The van der Waals surface area contributed by atoms with Crippen molar-refractivity contribution in [2.75, 3.05) is 12.3 Å². The summed E-state index contributed by atoms with van der Waals surface area (Å²) < 4.78 is 29.2. The number of halogens is 2. The molecule has 0 aliphatic rings. The number of rotatable bonds is 6. The number of aliphatic hydroxyl groups is 1. The van der Waals surface area contributed by atoms with Gasteiger partial charge in [-0.3, -0.25) is 0 Å². The number of nitrogens with one attached hydrogen (secondary N) is 1. The molecule has 2 rings (SSSR count). The van der Waals surface area contributed by atoms with Crippen LogP contribution in [0.5, 0.6) is 0 Å². The van der Waals surface area contributed by atoms with Gasteiger partial charge in [-0.1, -0.05) is 30.0 Å². The summed E-state index contributed by atoms with van der Waals surface area (Å²) >= 11 is 6.31. The molecular formula is C14H16F2N4OS2. The molecule has 5 nitrogen and oxygen atoms in total. The SMILES string of the molecule is CCNC(=S)SCC(O)(Cn1cncn1)c1ccc(F)cc1F. The van der Waals surface area contributed by atoms with E-state index in [-0.39, 0.29) is 17.9 Å². The first kappa shape index (κ1) is 17.8. The molecule has 0 aliphatic carbocycles. The Balaban J connectivity index is 2.28. The Morgan fingerprint density at radius 2 is 2.26 bits per heavy atom. The van der Waals surface area contributed by atoms with Crippen molar-refractivity contribution < 1.29 is 13.9 Å². The van der Waals surface area contributed by atoms with Gasteiger partial charge in [0.15, 0.2) is 0 Å². The van der Waals surface area contributed by atoms with Crippen LogP contribution in [0.15, 0.2) is 30.9 Å². The Labute approximate surface area is 142 Å². The van der Waals surface area contributed by atoms with E-state index >= 15 is 0 Å². The lowest BCUT2D eigenvalue weighted by Crippen LogP contribution is -2.36. The van der Waals surface area contributed by atoms with Crippen LogP contribution in [0.3, 0.4) is 0 Å². The van der Waals surface area contributed by atoms with Crippen LogP contribution in [0.4, 0.5) is 8.78 Å². The van der Waals surface area contributed by atoms with Crippen molar-refractivity contribution in [1.82, 2.24) is 20.1 Å². The van der Waals surface area contributed by atoms with Crippen LogP contribution >= 0.6 is 24.0 Å². The Hall–Kier alpha value is -1.58. The van der Waals surface area contributed by atoms with Gasteiger partial charge in [-0.25, -0.2) is 18.4 Å². The van der Waals surface area contributed by atoms with Gasteiger partial charge in [-0.15, -0.1) is 0 Å². The van der Waals surface area contributed by atoms with Crippen LogP contribution in [0.25, 0.3) is 0 Å². The zero-order valence-corrected chi connectivity index (χ0v) is 14.0. The largest absolute Gasteiger partial charge is 0.382 e. The molecule has 124 valence electrons. The third-order valence-electron chi connectivity index (χ3n) is 3.09. The molecule has 0 aliphatic heterocycles. The standard InChI is InChI=1S/C14H16F2N4OS2/c1-2-18-13(22)23-7-14(21,6-20-9-17-8-19-20)11-4-3-10(15)5-12(11)16/h3-5,8-9,21H,2,6-7H2,1H3,(H,18,22). The fourth-order valence-corrected chi connectivity index (χ4v) is 3.22. The molecule has 1 heterocycles. The molecule has 0 fully saturated rings. The fourth-order valence-electron chi connectivity index (χ4n) is 2.04. The third-order valence-corrected chi connectivity index (χ3v) is 4.61. The first-order valence-electron chi connectivity index (χ1n) is 6.85. The predicted octanol–water partition coefficient (Wildman–Crippen LogP) is 2.07. The van der Waals surface area contributed by atoms with Crippen molar-refractivity contribution in [3.63, 3.8) is 0 Å². The number of hydrogen-bond acceptors (Lipinski definition) is 5. The molecule has 0 saturated carbocycles. The molecule has 1 aromatic heterocycles. The highest BCUT2D eigenvalue weighted by Gasteiger charge is 2.34. The summed E-state index contributed by atoms with van der Waals surface area (Å²) in [6.45, 7) is 2.52. The van der Waals surface area contributed by atoms with Gasteiger partial charge in [0.2, 0.25) is 0 Å². The van der Waals surface area contributed by atoms with E-state index in [2.05, 4.69) is 15.4 Å². The molecular weight excluding hydrogens is 342 g/mol. The Morgan fingerprint density at radius 1 is 1.48 bits per heavy atom. The summed E-state index contributed by atoms with van der Waals surface area (Å²) in [5, 5.41) is 17.9. The van der Waals surface area contributed by atoms with Crippen molar-refractivity contribution >= 4 is 28.3 Å². The summed E-state index contributed by atoms with van der Waals surface area (Å²) in [5.74, 6) is -1.44.